The third kappa shape index (κ3) is 2.27. The fraction of sp³-hybridized carbons (Fsp3) is 0.875. The summed E-state index contributed by atoms with van der Waals surface area (Å²) in [5.41, 5.74) is 0. The number of ether oxygens (including phenoxy) is 1. The third-order valence-electron chi connectivity index (χ3n) is 2.25. The number of aldehydes is 1. The van der Waals surface area contributed by atoms with Crippen molar-refractivity contribution >= 4 is 22.2 Å². The van der Waals surface area contributed by atoms with Gasteiger partial charge in [0, 0.05) is 17.9 Å². The fourth-order valence-electron chi connectivity index (χ4n) is 1.56. The summed E-state index contributed by atoms with van der Waals surface area (Å²) in [4.78, 5) is 11.1. The second-order valence-electron chi connectivity index (χ2n) is 2.98. The van der Waals surface area contributed by atoms with Crippen molar-refractivity contribution < 1.29 is 9.53 Å². The van der Waals surface area contributed by atoms with Gasteiger partial charge in [0.1, 0.15) is 6.29 Å². The molecule has 0 bridgehead atoms. The molecule has 11 heavy (non-hydrogen) atoms. The molecule has 0 spiro atoms. The molecule has 1 fully saturated rings. The minimum atomic E-state index is 0.0955. The summed E-state index contributed by atoms with van der Waals surface area (Å²) >= 11 is 3.51. The Kier molecular flexibility index (Phi) is 3.52. The molecule has 0 N–H and O–H groups in total. The minimum Gasteiger partial charge on any atom is -0.381 e. The Hall–Kier alpha value is 0.110. The van der Waals surface area contributed by atoms with Crippen LogP contribution in [0.3, 0.4) is 0 Å². The van der Waals surface area contributed by atoms with Gasteiger partial charge in [-0.3, -0.25) is 0 Å². The molecular weight excluding hydrogens is 208 g/mol. The quantitative estimate of drug-likeness (QED) is 0.524. The lowest BCUT2D eigenvalue weighted by Crippen LogP contribution is -2.31. The van der Waals surface area contributed by atoms with Crippen LogP contribution in [0.15, 0.2) is 0 Å². The number of hydrogen-bond acceptors (Lipinski definition) is 2. The molecule has 0 aromatic heterocycles. The maximum atomic E-state index is 10.6. The maximum absolute atomic E-state index is 10.6. The Bertz CT molecular complexity index is 138. The van der Waals surface area contributed by atoms with Gasteiger partial charge in [-0.15, -0.1) is 0 Å². The molecule has 3 heteroatoms. The summed E-state index contributed by atoms with van der Waals surface area (Å²) in [5.74, 6) is 0.0955. The molecule has 2 nitrogen and oxygen atoms in total. The summed E-state index contributed by atoms with van der Waals surface area (Å²) in [6, 6.07) is 0. The van der Waals surface area contributed by atoms with Gasteiger partial charge in [-0.25, -0.2) is 0 Å². The average Bonchev–Trinajstić information content (AvgIpc) is 2.04. The van der Waals surface area contributed by atoms with Gasteiger partial charge in [0.15, 0.2) is 0 Å². The first-order chi connectivity index (χ1) is 5.27. The molecule has 1 saturated carbocycles. The molecule has 0 aromatic carbocycles. The molecule has 0 saturated heterocycles. The van der Waals surface area contributed by atoms with E-state index < -0.39 is 0 Å². The Balaban J connectivity index is 2.47. The molecule has 0 heterocycles. The fourth-order valence-corrected chi connectivity index (χ4v) is 2.26. The predicted octanol–water partition coefficient (Wildman–Crippen LogP) is 1.76. The molecule has 1 aliphatic rings. The molecule has 0 aliphatic heterocycles. The molecule has 64 valence electrons. The van der Waals surface area contributed by atoms with Crippen LogP contribution in [-0.4, -0.2) is 24.3 Å². The van der Waals surface area contributed by atoms with Crippen LogP contribution in [0.5, 0.6) is 0 Å². The van der Waals surface area contributed by atoms with Crippen LogP contribution in [-0.2, 0) is 9.53 Å². The monoisotopic (exact) mass is 220 g/mol. The van der Waals surface area contributed by atoms with Crippen molar-refractivity contribution in [1.29, 1.82) is 0 Å². The highest BCUT2D eigenvalue weighted by molar-refractivity contribution is 9.09. The Labute approximate surface area is 75.4 Å². The zero-order valence-electron chi connectivity index (χ0n) is 6.63. The zero-order chi connectivity index (χ0) is 8.27. The van der Waals surface area contributed by atoms with E-state index in [2.05, 4.69) is 15.9 Å². The van der Waals surface area contributed by atoms with Crippen LogP contribution in [0.1, 0.15) is 19.3 Å². The van der Waals surface area contributed by atoms with E-state index in [-0.39, 0.29) is 12.0 Å². The number of hydrogen-bond donors (Lipinski definition) is 0. The van der Waals surface area contributed by atoms with Gasteiger partial charge in [0.05, 0.1) is 6.10 Å². The topological polar surface area (TPSA) is 26.3 Å². The van der Waals surface area contributed by atoms with Crippen LogP contribution in [0, 0.1) is 5.92 Å². The maximum Gasteiger partial charge on any atom is 0.125 e. The van der Waals surface area contributed by atoms with Crippen molar-refractivity contribution in [3.63, 3.8) is 0 Å². The molecule has 3 unspecified atom stereocenters. The summed E-state index contributed by atoms with van der Waals surface area (Å²) in [5, 5.41) is 0. The molecule has 1 aliphatic carbocycles. The van der Waals surface area contributed by atoms with E-state index in [4.69, 9.17) is 4.74 Å². The average molecular weight is 221 g/mol. The van der Waals surface area contributed by atoms with Crippen LogP contribution in [0.2, 0.25) is 0 Å². The van der Waals surface area contributed by atoms with Crippen LogP contribution in [0.25, 0.3) is 0 Å². The lowest BCUT2D eigenvalue weighted by atomic mass is 9.87. The Morgan fingerprint density at radius 2 is 2.27 bits per heavy atom. The van der Waals surface area contributed by atoms with Crippen molar-refractivity contribution in [3.05, 3.63) is 0 Å². The number of carbonyl (C=O) groups is 1. The van der Waals surface area contributed by atoms with Crippen LogP contribution >= 0.6 is 15.9 Å². The first-order valence-electron chi connectivity index (χ1n) is 3.90. The van der Waals surface area contributed by atoms with Crippen molar-refractivity contribution in [2.45, 2.75) is 30.2 Å². The number of alkyl halides is 1. The first kappa shape index (κ1) is 9.20. The molecule has 0 radical (unpaired) electrons. The van der Waals surface area contributed by atoms with Crippen molar-refractivity contribution in [2.24, 2.45) is 5.92 Å². The van der Waals surface area contributed by atoms with Gasteiger partial charge in [-0.05, 0) is 19.3 Å². The number of rotatable bonds is 2. The van der Waals surface area contributed by atoms with Crippen molar-refractivity contribution in [1.82, 2.24) is 0 Å². The van der Waals surface area contributed by atoms with E-state index >= 15 is 0 Å². The standard InChI is InChI=1S/C8H13BrO2/c1-11-8-3-2-7(9)4-6(8)5-10/h5-8H,2-4H2,1H3. The molecule has 1 rings (SSSR count). The van der Waals surface area contributed by atoms with Gasteiger partial charge in [0.25, 0.3) is 0 Å². The van der Waals surface area contributed by atoms with Gasteiger partial charge < -0.3 is 9.53 Å². The van der Waals surface area contributed by atoms with Gasteiger partial charge in [-0.2, -0.15) is 0 Å². The highest BCUT2D eigenvalue weighted by atomic mass is 79.9. The largest absolute Gasteiger partial charge is 0.381 e. The molecular formula is C8H13BrO2. The zero-order valence-corrected chi connectivity index (χ0v) is 8.21. The minimum absolute atomic E-state index is 0.0955. The van der Waals surface area contributed by atoms with E-state index in [1.165, 1.54) is 0 Å². The number of methoxy groups -OCH3 is 1. The summed E-state index contributed by atoms with van der Waals surface area (Å²) in [7, 11) is 1.68. The molecule has 0 amide bonds. The van der Waals surface area contributed by atoms with E-state index in [1.54, 1.807) is 7.11 Å². The first-order valence-corrected chi connectivity index (χ1v) is 4.81. The lowest BCUT2D eigenvalue weighted by Gasteiger charge is -2.29. The number of carbonyl (C=O) groups excluding carboxylic acids is 1. The smallest absolute Gasteiger partial charge is 0.125 e. The van der Waals surface area contributed by atoms with E-state index in [1.807, 2.05) is 0 Å². The van der Waals surface area contributed by atoms with E-state index in [9.17, 15) is 4.79 Å². The highest BCUT2D eigenvalue weighted by Crippen LogP contribution is 2.29. The van der Waals surface area contributed by atoms with Crippen LogP contribution < -0.4 is 0 Å². The van der Waals surface area contributed by atoms with E-state index in [0.717, 1.165) is 25.5 Å². The van der Waals surface area contributed by atoms with Crippen LogP contribution in [0.4, 0.5) is 0 Å². The normalized spacial score (nSPS) is 38.5. The lowest BCUT2D eigenvalue weighted by molar-refractivity contribution is -0.116. The highest BCUT2D eigenvalue weighted by Gasteiger charge is 2.28. The molecule has 0 aromatic rings. The Morgan fingerprint density at radius 3 is 2.82 bits per heavy atom. The van der Waals surface area contributed by atoms with E-state index in [0.29, 0.717) is 4.83 Å². The SMILES string of the molecule is COC1CCC(Br)CC1C=O. The second kappa shape index (κ2) is 4.21. The number of halogens is 1. The third-order valence-corrected chi connectivity index (χ3v) is 3.08. The summed E-state index contributed by atoms with van der Waals surface area (Å²) in [6.07, 6.45) is 4.20. The second-order valence-corrected chi connectivity index (χ2v) is 4.28. The van der Waals surface area contributed by atoms with Crippen molar-refractivity contribution in [2.75, 3.05) is 7.11 Å². The summed E-state index contributed by atoms with van der Waals surface area (Å²) < 4.78 is 5.19. The van der Waals surface area contributed by atoms with Crippen molar-refractivity contribution in [3.8, 4) is 0 Å². The molecule has 3 atom stereocenters. The Morgan fingerprint density at radius 1 is 1.55 bits per heavy atom. The summed E-state index contributed by atoms with van der Waals surface area (Å²) in [6.45, 7) is 0. The predicted molar refractivity (Wildman–Crippen MR) is 46.9 cm³/mol. The van der Waals surface area contributed by atoms with Gasteiger partial charge in [-0.1, -0.05) is 15.9 Å². The van der Waals surface area contributed by atoms with Gasteiger partial charge >= 0.3 is 0 Å². The van der Waals surface area contributed by atoms with Gasteiger partial charge in [0.2, 0.25) is 0 Å².